The smallest absolute Gasteiger partial charge is 0.0686 e. The van der Waals surface area contributed by atoms with Crippen LogP contribution in [0.2, 0.25) is 10.0 Å². The summed E-state index contributed by atoms with van der Waals surface area (Å²) in [5.74, 6) is 0. The Morgan fingerprint density at radius 2 is 2.06 bits per heavy atom. The molecule has 1 heterocycles. The number of hydrogen-bond acceptors (Lipinski definition) is 2. The Balaban J connectivity index is 2.43. The maximum absolute atomic E-state index is 6.27. The van der Waals surface area contributed by atoms with Crippen molar-refractivity contribution < 1.29 is 0 Å². The molecule has 0 aliphatic heterocycles. The van der Waals surface area contributed by atoms with E-state index in [1.165, 1.54) is 4.88 Å². The number of rotatable bonds is 4. The van der Waals surface area contributed by atoms with Gasteiger partial charge in [0.2, 0.25) is 0 Å². The maximum Gasteiger partial charge on any atom is 0.0686 e. The van der Waals surface area contributed by atoms with Crippen LogP contribution in [-0.2, 0) is 0 Å². The number of benzene rings is 1. The second-order valence-electron chi connectivity index (χ2n) is 3.65. The predicted molar refractivity (Wildman–Crippen MR) is 76.3 cm³/mol. The lowest BCUT2D eigenvalue weighted by Gasteiger charge is -2.18. The molecule has 1 aromatic carbocycles. The SMILES string of the molecule is CCNC(c1cccs1)c1cccc(Cl)c1Cl. The monoisotopic (exact) mass is 285 g/mol. The Morgan fingerprint density at radius 1 is 1.24 bits per heavy atom. The molecule has 90 valence electrons. The summed E-state index contributed by atoms with van der Waals surface area (Å²) < 4.78 is 0. The Bertz CT molecular complexity index is 482. The third-order valence-corrected chi connectivity index (χ3v) is 4.30. The molecule has 0 aliphatic rings. The van der Waals surface area contributed by atoms with Gasteiger partial charge in [-0.15, -0.1) is 11.3 Å². The van der Waals surface area contributed by atoms with Gasteiger partial charge in [-0.25, -0.2) is 0 Å². The summed E-state index contributed by atoms with van der Waals surface area (Å²) in [5, 5.41) is 6.74. The van der Waals surface area contributed by atoms with E-state index < -0.39 is 0 Å². The van der Waals surface area contributed by atoms with E-state index in [1.54, 1.807) is 11.3 Å². The van der Waals surface area contributed by atoms with Crippen LogP contribution in [0.1, 0.15) is 23.4 Å². The molecular formula is C13H13Cl2NS. The molecule has 0 radical (unpaired) electrons. The first-order valence-electron chi connectivity index (χ1n) is 5.44. The van der Waals surface area contributed by atoms with Crippen LogP contribution in [0.3, 0.4) is 0 Å². The summed E-state index contributed by atoms with van der Waals surface area (Å²) in [4.78, 5) is 1.25. The predicted octanol–water partition coefficient (Wildman–Crippen LogP) is 4.75. The molecule has 0 bridgehead atoms. The fourth-order valence-corrected chi connectivity index (χ4v) is 3.00. The lowest BCUT2D eigenvalue weighted by Crippen LogP contribution is -2.21. The normalized spacial score (nSPS) is 12.6. The molecule has 0 saturated heterocycles. The Kier molecular flexibility index (Phi) is 4.46. The first-order chi connectivity index (χ1) is 8.24. The Morgan fingerprint density at radius 3 is 2.71 bits per heavy atom. The highest BCUT2D eigenvalue weighted by Crippen LogP contribution is 2.34. The van der Waals surface area contributed by atoms with E-state index in [2.05, 4.69) is 23.7 Å². The van der Waals surface area contributed by atoms with Crippen molar-refractivity contribution in [1.29, 1.82) is 0 Å². The highest BCUT2D eigenvalue weighted by molar-refractivity contribution is 7.10. The van der Waals surface area contributed by atoms with Gasteiger partial charge in [0.25, 0.3) is 0 Å². The molecule has 0 spiro atoms. The Hall–Kier alpha value is -0.540. The molecule has 0 aliphatic carbocycles. The third-order valence-electron chi connectivity index (χ3n) is 2.53. The van der Waals surface area contributed by atoms with Gasteiger partial charge in [-0.05, 0) is 29.6 Å². The van der Waals surface area contributed by atoms with E-state index >= 15 is 0 Å². The highest BCUT2D eigenvalue weighted by atomic mass is 35.5. The Labute approximate surface area is 115 Å². The van der Waals surface area contributed by atoms with E-state index in [9.17, 15) is 0 Å². The van der Waals surface area contributed by atoms with Gasteiger partial charge in [0.05, 0.1) is 16.1 Å². The zero-order chi connectivity index (χ0) is 12.3. The lowest BCUT2D eigenvalue weighted by molar-refractivity contribution is 0.640. The van der Waals surface area contributed by atoms with Crippen LogP contribution in [0, 0.1) is 0 Å². The molecule has 0 amide bonds. The minimum atomic E-state index is 0.117. The van der Waals surface area contributed by atoms with Gasteiger partial charge in [-0.2, -0.15) is 0 Å². The van der Waals surface area contributed by atoms with Crippen molar-refractivity contribution in [1.82, 2.24) is 5.32 Å². The quantitative estimate of drug-likeness (QED) is 0.855. The second kappa shape index (κ2) is 5.87. The minimum Gasteiger partial charge on any atom is -0.306 e. The van der Waals surface area contributed by atoms with Crippen LogP contribution in [0.5, 0.6) is 0 Å². The zero-order valence-corrected chi connectivity index (χ0v) is 11.7. The van der Waals surface area contributed by atoms with Gasteiger partial charge < -0.3 is 5.32 Å². The van der Waals surface area contributed by atoms with Crippen molar-refractivity contribution >= 4 is 34.5 Å². The van der Waals surface area contributed by atoms with Gasteiger partial charge in [-0.3, -0.25) is 0 Å². The lowest BCUT2D eigenvalue weighted by atomic mass is 10.1. The molecule has 1 unspecified atom stereocenters. The summed E-state index contributed by atoms with van der Waals surface area (Å²) in [6.07, 6.45) is 0. The second-order valence-corrected chi connectivity index (χ2v) is 5.41. The summed E-state index contributed by atoms with van der Waals surface area (Å²) in [5.41, 5.74) is 1.03. The highest BCUT2D eigenvalue weighted by Gasteiger charge is 2.17. The molecule has 1 atom stereocenters. The maximum atomic E-state index is 6.27. The van der Waals surface area contributed by atoms with Crippen LogP contribution >= 0.6 is 34.5 Å². The molecule has 1 N–H and O–H groups in total. The topological polar surface area (TPSA) is 12.0 Å². The first kappa shape index (κ1) is 12.9. The van der Waals surface area contributed by atoms with Gasteiger partial charge >= 0.3 is 0 Å². The molecule has 0 fully saturated rings. The van der Waals surface area contributed by atoms with Gasteiger partial charge in [0, 0.05) is 4.88 Å². The molecule has 0 saturated carbocycles. The van der Waals surface area contributed by atoms with Gasteiger partial charge in [0.1, 0.15) is 0 Å². The van der Waals surface area contributed by atoms with Gasteiger partial charge in [-0.1, -0.05) is 48.3 Å². The van der Waals surface area contributed by atoms with Crippen LogP contribution < -0.4 is 5.32 Å². The van der Waals surface area contributed by atoms with E-state index in [-0.39, 0.29) is 6.04 Å². The van der Waals surface area contributed by atoms with E-state index in [1.807, 2.05) is 24.3 Å². The fourth-order valence-electron chi connectivity index (χ4n) is 1.77. The van der Waals surface area contributed by atoms with Crippen molar-refractivity contribution in [3.05, 3.63) is 56.2 Å². The molecule has 2 aromatic rings. The van der Waals surface area contributed by atoms with Crippen molar-refractivity contribution in [3.63, 3.8) is 0 Å². The summed E-state index contributed by atoms with van der Waals surface area (Å²) in [6, 6.07) is 10.0. The molecule has 2 rings (SSSR count). The molecule has 4 heteroatoms. The molecule has 17 heavy (non-hydrogen) atoms. The van der Waals surface area contributed by atoms with Crippen LogP contribution in [0.4, 0.5) is 0 Å². The van der Waals surface area contributed by atoms with Gasteiger partial charge in [0.15, 0.2) is 0 Å². The number of halogens is 2. The van der Waals surface area contributed by atoms with Crippen molar-refractivity contribution in [2.75, 3.05) is 6.54 Å². The van der Waals surface area contributed by atoms with Crippen molar-refractivity contribution in [2.45, 2.75) is 13.0 Å². The minimum absolute atomic E-state index is 0.117. The fraction of sp³-hybridized carbons (Fsp3) is 0.231. The average Bonchev–Trinajstić information content (AvgIpc) is 2.84. The van der Waals surface area contributed by atoms with Crippen LogP contribution in [0.15, 0.2) is 35.7 Å². The summed E-state index contributed by atoms with van der Waals surface area (Å²) >= 11 is 14.1. The zero-order valence-electron chi connectivity index (χ0n) is 9.41. The van der Waals surface area contributed by atoms with Crippen LogP contribution in [-0.4, -0.2) is 6.54 Å². The van der Waals surface area contributed by atoms with Crippen LogP contribution in [0.25, 0.3) is 0 Å². The molecule has 1 aromatic heterocycles. The third kappa shape index (κ3) is 2.83. The number of thiophene rings is 1. The summed E-state index contributed by atoms with van der Waals surface area (Å²) in [7, 11) is 0. The summed E-state index contributed by atoms with van der Waals surface area (Å²) in [6.45, 7) is 2.96. The van der Waals surface area contributed by atoms with Crippen molar-refractivity contribution in [3.8, 4) is 0 Å². The number of nitrogens with one attached hydrogen (secondary N) is 1. The average molecular weight is 286 g/mol. The largest absolute Gasteiger partial charge is 0.306 e. The first-order valence-corrected chi connectivity index (χ1v) is 7.08. The van der Waals surface area contributed by atoms with E-state index in [4.69, 9.17) is 23.2 Å². The molecule has 1 nitrogen and oxygen atoms in total. The molecular weight excluding hydrogens is 273 g/mol. The standard InChI is InChI=1S/C13H13Cl2NS/c1-2-16-13(11-7-4-8-17-11)9-5-3-6-10(14)12(9)15/h3-8,13,16H,2H2,1H3. The van der Waals surface area contributed by atoms with E-state index in [0.717, 1.165) is 12.1 Å². The van der Waals surface area contributed by atoms with Crippen molar-refractivity contribution in [2.24, 2.45) is 0 Å². The van der Waals surface area contributed by atoms with E-state index in [0.29, 0.717) is 10.0 Å². The number of hydrogen-bond donors (Lipinski definition) is 1.